The number of alkyl halides is 2. The van der Waals surface area contributed by atoms with Crippen LogP contribution in [0.4, 0.5) is 8.78 Å². The van der Waals surface area contributed by atoms with Crippen molar-refractivity contribution in [2.24, 2.45) is 5.41 Å². The molecule has 106 valence electrons. The molecule has 0 aromatic heterocycles. The molecule has 0 saturated heterocycles. The Morgan fingerprint density at radius 3 is 2.74 bits per heavy atom. The minimum Gasteiger partial charge on any atom is -0.435 e. The fraction of sp³-hybridized carbons (Fsp3) is 0.571. The molecule has 1 atom stereocenters. The molecule has 1 aromatic rings. The highest BCUT2D eigenvalue weighted by atomic mass is 19.3. The van der Waals surface area contributed by atoms with Crippen LogP contribution in [0.2, 0.25) is 0 Å². The van der Waals surface area contributed by atoms with Gasteiger partial charge in [-0.1, -0.05) is 12.1 Å². The SMILES string of the molecule is CC(NCC1(CO)CC1)c1cccc(OC(F)F)c1. The number of hydrogen-bond donors (Lipinski definition) is 2. The smallest absolute Gasteiger partial charge is 0.387 e. The van der Waals surface area contributed by atoms with Gasteiger partial charge < -0.3 is 15.2 Å². The predicted molar refractivity (Wildman–Crippen MR) is 68.2 cm³/mol. The van der Waals surface area contributed by atoms with E-state index in [0.29, 0.717) is 0 Å². The van der Waals surface area contributed by atoms with Crippen LogP contribution in [0, 0.1) is 5.41 Å². The Kier molecular flexibility index (Phi) is 4.37. The lowest BCUT2D eigenvalue weighted by molar-refractivity contribution is -0.0499. The molecule has 0 aliphatic heterocycles. The summed E-state index contributed by atoms with van der Waals surface area (Å²) in [6.45, 7) is 0.100. The third-order valence-electron chi connectivity index (χ3n) is 3.66. The molecule has 2 rings (SSSR count). The van der Waals surface area contributed by atoms with Gasteiger partial charge in [0.2, 0.25) is 0 Å². The van der Waals surface area contributed by atoms with E-state index < -0.39 is 6.61 Å². The van der Waals surface area contributed by atoms with Crippen LogP contribution in [0.1, 0.15) is 31.4 Å². The van der Waals surface area contributed by atoms with Crippen LogP contribution >= 0.6 is 0 Å². The average Bonchev–Trinajstić information content (AvgIpc) is 3.16. The molecule has 1 aromatic carbocycles. The third-order valence-corrected chi connectivity index (χ3v) is 3.66. The van der Waals surface area contributed by atoms with Crippen molar-refractivity contribution in [2.75, 3.05) is 13.2 Å². The highest BCUT2D eigenvalue weighted by Crippen LogP contribution is 2.44. The standard InChI is InChI=1S/C14H19F2NO2/c1-10(17-8-14(9-18)5-6-14)11-3-2-4-12(7-11)19-13(15)16/h2-4,7,10,13,17-18H,5-6,8-9H2,1H3. The van der Waals surface area contributed by atoms with Gasteiger partial charge in [-0.05, 0) is 37.5 Å². The molecule has 1 aliphatic rings. The second-order valence-electron chi connectivity index (χ2n) is 5.21. The third kappa shape index (κ3) is 3.88. The first-order valence-electron chi connectivity index (χ1n) is 6.44. The van der Waals surface area contributed by atoms with Crippen LogP contribution in [0.25, 0.3) is 0 Å². The van der Waals surface area contributed by atoms with Crippen LogP contribution < -0.4 is 10.1 Å². The van der Waals surface area contributed by atoms with Gasteiger partial charge in [0.1, 0.15) is 5.75 Å². The summed E-state index contributed by atoms with van der Waals surface area (Å²) in [4.78, 5) is 0. The summed E-state index contributed by atoms with van der Waals surface area (Å²) >= 11 is 0. The van der Waals surface area contributed by atoms with Gasteiger partial charge in [-0.25, -0.2) is 0 Å². The van der Waals surface area contributed by atoms with E-state index in [4.69, 9.17) is 0 Å². The Balaban J connectivity index is 1.92. The summed E-state index contributed by atoms with van der Waals surface area (Å²) in [6, 6.07) is 6.73. The molecule has 5 heteroatoms. The molecule has 1 aliphatic carbocycles. The fourth-order valence-electron chi connectivity index (χ4n) is 2.02. The van der Waals surface area contributed by atoms with E-state index in [0.717, 1.165) is 24.9 Å². The highest BCUT2D eigenvalue weighted by molar-refractivity contribution is 5.30. The molecular weight excluding hydrogens is 252 g/mol. The number of hydrogen-bond acceptors (Lipinski definition) is 3. The van der Waals surface area contributed by atoms with Gasteiger partial charge >= 0.3 is 6.61 Å². The summed E-state index contributed by atoms with van der Waals surface area (Å²) in [7, 11) is 0. The van der Waals surface area contributed by atoms with Gasteiger partial charge in [-0.3, -0.25) is 0 Å². The summed E-state index contributed by atoms with van der Waals surface area (Å²) in [5.41, 5.74) is 0.928. The number of benzene rings is 1. The lowest BCUT2D eigenvalue weighted by Gasteiger charge is -2.19. The molecule has 3 nitrogen and oxygen atoms in total. The monoisotopic (exact) mass is 271 g/mol. The molecule has 0 spiro atoms. The summed E-state index contributed by atoms with van der Waals surface area (Å²) in [6.07, 6.45) is 2.08. The van der Waals surface area contributed by atoms with E-state index in [-0.39, 0.29) is 23.8 Å². The Labute approximate surface area is 111 Å². The van der Waals surface area contributed by atoms with Crippen LogP contribution in [0.3, 0.4) is 0 Å². The van der Waals surface area contributed by atoms with Crippen molar-refractivity contribution in [1.82, 2.24) is 5.32 Å². The average molecular weight is 271 g/mol. The van der Waals surface area contributed by atoms with Crippen LogP contribution in [0.15, 0.2) is 24.3 Å². The van der Waals surface area contributed by atoms with Crippen molar-refractivity contribution in [1.29, 1.82) is 0 Å². The number of aliphatic hydroxyl groups is 1. The van der Waals surface area contributed by atoms with E-state index >= 15 is 0 Å². The number of nitrogens with one attached hydrogen (secondary N) is 1. The Morgan fingerprint density at radius 2 is 2.16 bits per heavy atom. The highest BCUT2D eigenvalue weighted by Gasteiger charge is 2.41. The van der Waals surface area contributed by atoms with Crippen molar-refractivity contribution in [3.63, 3.8) is 0 Å². The zero-order valence-corrected chi connectivity index (χ0v) is 10.9. The lowest BCUT2D eigenvalue weighted by Crippen LogP contribution is -2.28. The zero-order valence-electron chi connectivity index (χ0n) is 10.9. The largest absolute Gasteiger partial charge is 0.435 e. The van der Waals surface area contributed by atoms with Crippen molar-refractivity contribution in [3.05, 3.63) is 29.8 Å². The molecule has 1 unspecified atom stereocenters. The maximum Gasteiger partial charge on any atom is 0.387 e. The minimum atomic E-state index is -2.80. The van der Waals surface area contributed by atoms with Crippen molar-refractivity contribution >= 4 is 0 Å². The summed E-state index contributed by atoms with van der Waals surface area (Å²) in [5, 5.41) is 12.6. The fourth-order valence-corrected chi connectivity index (χ4v) is 2.02. The Hall–Kier alpha value is -1.20. The lowest BCUT2D eigenvalue weighted by atomic mass is 10.1. The first-order valence-corrected chi connectivity index (χ1v) is 6.44. The summed E-state index contributed by atoms with van der Waals surface area (Å²) in [5.74, 6) is 0.171. The second kappa shape index (κ2) is 5.84. The number of ether oxygens (including phenoxy) is 1. The zero-order chi connectivity index (χ0) is 13.9. The van der Waals surface area contributed by atoms with E-state index in [1.54, 1.807) is 12.1 Å². The normalized spacial score (nSPS) is 18.4. The van der Waals surface area contributed by atoms with Crippen LogP contribution in [-0.2, 0) is 0 Å². The molecule has 1 saturated carbocycles. The molecule has 0 heterocycles. The quantitative estimate of drug-likeness (QED) is 0.801. The van der Waals surface area contributed by atoms with Crippen molar-refractivity contribution in [3.8, 4) is 5.75 Å². The van der Waals surface area contributed by atoms with Crippen LogP contribution in [-0.4, -0.2) is 24.9 Å². The van der Waals surface area contributed by atoms with Gasteiger partial charge in [0.15, 0.2) is 0 Å². The number of halogens is 2. The van der Waals surface area contributed by atoms with E-state index in [2.05, 4.69) is 10.1 Å². The number of aliphatic hydroxyl groups excluding tert-OH is 1. The summed E-state index contributed by atoms with van der Waals surface area (Å²) < 4.78 is 28.7. The Morgan fingerprint density at radius 1 is 1.42 bits per heavy atom. The number of rotatable bonds is 7. The van der Waals surface area contributed by atoms with Gasteiger partial charge in [0.25, 0.3) is 0 Å². The van der Waals surface area contributed by atoms with E-state index in [9.17, 15) is 13.9 Å². The van der Waals surface area contributed by atoms with Crippen LogP contribution in [0.5, 0.6) is 5.75 Å². The van der Waals surface area contributed by atoms with E-state index in [1.807, 2.05) is 13.0 Å². The maximum atomic E-state index is 12.1. The van der Waals surface area contributed by atoms with Crippen molar-refractivity contribution < 1.29 is 18.6 Å². The molecule has 2 N–H and O–H groups in total. The second-order valence-corrected chi connectivity index (χ2v) is 5.21. The van der Waals surface area contributed by atoms with Gasteiger partial charge in [0, 0.05) is 24.6 Å². The van der Waals surface area contributed by atoms with Crippen molar-refractivity contribution in [2.45, 2.75) is 32.4 Å². The van der Waals surface area contributed by atoms with E-state index in [1.165, 1.54) is 6.07 Å². The van der Waals surface area contributed by atoms with Gasteiger partial charge in [-0.2, -0.15) is 8.78 Å². The molecule has 0 radical (unpaired) electrons. The Bertz CT molecular complexity index is 422. The minimum absolute atomic E-state index is 0.0326. The molecule has 1 fully saturated rings. The first-order chi connectivity index (χ1) is 9.04. The maximum absolute atomic E-state index is 12.1. The first kappa shape index (κ1) is 14.2. The van der Waals surface area contributed by atoms with Gasteiger partial charge in [-0.15, -0.1) is 0 Å². The predicted octanol–water partition coefficient (Wildman–Crippen LogP) is 2.71. The molecule has 0 amide bonds. The molecular formula is C14H19F2NO2. The topological polar surface area (TPSA) is 41.5 Å². The molecule has 19 heavy (non-hydrogen) atoms. The van der Waals surface area contributed by atoms with Gasteiger partial charge in [0.05, 0.1) is 0 Å². The molecule has 0 bridgehead atoms.